The Morgan fingerprint density at radius 3 is 2.75 bits per heavy atom. The van der Waals surface area contributed by atoms with Gasteiger partial charge in [0.25, 0.3) is 0 Å². The molecule has 1 saturated carbocycles. The van der Waals surface area contributed by atoms with Crippen molar-refractivity contribution in [3.05, 3.63) is 29.8 Å². The average molecular weight is 242 g/mol. The molecule has 16 heavy (non-hydrogen) atoms. The number of aliphatic carboxylic acids is 1. The normalized spacial score (nSPS) is 23.8. The molecule has 3 nitrogen and oxygen atoms in total. The highest BCUT2D eigenvalue weighted by Gasteiger charge is 2.33. The van der Waals surface area contributed by atoms with Gasteiger partial charge in [0.15, 0.2) is 0 Å². The van der Waals surface area contributed by atoms with Crippen LogP contribution in [0.4, 0.5) is 5.69 Å². The maximum Gasteiger partial charge on any atom is 0.307 e. The quantitative estimate of drug-likeness (QED) is 0.783. The molecule has 2 atom stereocenters. The van der Waals surface area contributed by atoms with E-state index in [1.807, 2.05) is 24.3 Å². The van der Waals surface area contributed by atoms with Crippen LogP contribution in [0.1, 0.15) is 30.7 Å². The summed E-state index contributed by atoms with van der Waals surface area (Å²) in [7, 11) is 0. The molecular formula is C12H16ClNO2. The summed E-state index contributed by atoms with van der Waals surface area (Å²) in [5.74, 6) is -0.766. The zero-order valence-corrected chi connectivity index (χ0v) is 9.74. The standard InChI is InChI=1S/C12H15NO2.ClH/c13-9-4-1-3-8(7-9)10-5-2-6-11(10)12(14)15;/h1,3-4,7,10-11H,2,5-6,13H2,(H,14,15);1H. The molecular weight excluding hydrogens is 226 g/mol. The Labute approximate surface area is 101 Å². The number of nitrogen functional groups attached to an aromatic ring is 1. The van der Waals surface area contributed by atoms with Crippen LogP contribution in [0.2, 0.25) is 0 Å². The summed E-state index contributed by atoms with van der Waals surface area (Å²) in [5.41, 5.74) is 7.48. The summed E-state index contributed by atoms with van der Waals surface area (Å²) in [5, 5.41) is 9.08. The highest BCUT2D eigenvalue weighted by molar-refractivity contribution is 5.85. The van der Waals surface area contributed by atoms with Crippen LogP contribution in [0.5, 0.6) is 0 Å². The highest BCUT2D eigenvalue weighted by Crippen LogP contribution is 2.40. The van der Waals surface area contributed by atoms with Gasteiger partial charge in [-0.1, -0.05) is 18.6 Å². The SMILES string of the molecule is Cl.Nc1cccc(C2CCCC2C(=O)O)c1. The number of anilines is 1. The first kappa shape index (κ1) is 12.8. The van der Waals surface area contributed by atoms with Crippen molar-refractivity contribution in [1.29, 1.82) is 0 Å². The second-order valence-electron chi connectivity index (χ2n) is 4.15. The first-order chi connectivity index (χ1) is 7.18. The van der Waals surface area contributed by atoms with Crippen LogP contribution in [-0.2, 0) is 4.79 Å². The molecule has 1 aromatic rings. The van der Waals surface area contributed by atoms with Crippen LogP contribution in [0.25, 0.3) is 0 Å². The van der Waals surface area contributed by atoms with E-state index in [0.29, 0.717) is 5.69 Å². The van der Waals surface area contributed by atoms with Gasteiger partial charge in [-0.2, -0.15) is 0 Å². The molecule has 0 bridgehead atoms. The molecule has 88 valence electrons. The van der Waals surface area contributed by atoms with Crippen LogP contribution in [0.15, 0.2) is 24.3 Å². The molecule has 0 aliphatic heterocycles. The van der Waals surface area contributed by atoms with E-state index in [9.17, 15) is 4.79 Å². The van der Waals surface area contributed by atoms with Gasteiger partial charge >= 0.3 is 5.97 Å². The van der Waals surface area contributed by atoms with Crippen LogP contribution in [0.3, 0.4) is 0 Å². The number of carboxylic acids is 1. The van der Waals surface area contributed by atoms with Gasteiger partial charge in [0, 0.05) is 5.69 Å². The van der Waals surface area contributed by atoms with Crippen molar-refractivity contribution in [3.8, 4) is 0 Å². The molecule has 3 N–H and O–H groups in total. The second-order valence-corrected chi connectivity index (χ2v) is 4.15. The molecule has 0 spiro atoms. The minimum atomic E-state index is -0.681. The topological polar surface area (TPSA) is 63.3 Å². The van der Waals surface area contributed by atoms with E-state index in [1.54, 1.807) is 0 Å². The van der Waals surface area contributed by atoms with Crippen LogP contribution < -0.4 is 5.73 Å². The molecule has 1 aliphatic carbocycles. The molecule has 4 heteroatoms. The lowest BCUT2D eigenvalue weighted by atomic mass is 9.89. The number of nitrogens with two attached hydrogens (primary N) is 1. The van der Waals surface area contributed by atoms with Crippen molar-refractivity contribution in [2.75, 3.05) is 5.73 Å². The molecule has 1 fully saturated rings. The third-order valence-electron chi connectivity index (χ3n) is 3.17. The predicted molar refractivity (Wildman–Crippen MR) is 65.8 cm³/mol. The Kier molecular flexibility index (Phi) is 4.19. The van der Waals surface area contributed by atoms with Gasteiger partial charge in [0.2, 0.25) is 0 Å². The van der Waals surface area contributed by atoms with Crippen molar-refractivity contribution in [1.82, 2.24) is 0 Å². The van der Waals surface area contributed by atoms with Gasteiger partial charge in [0.1, 0.15) is 0 Å². The van der Waals surface area contributed by atoms with Crippen molar-refractivity contribution in [2.24, 2.45) is 5.92 Å². The Morgan fingerprint density at radius 1 is 1.38 bits per heavy atom. The van der Waals surface area contributed by atoms with E-state index in [1.165, 1.54) is 0 Å². The number of hydrogen-bond acceptors (Lipinski definition) is 2. The fraction of sp³-hybridized carbons (Fsp3) is 0.417. The lowest BCUT2D eigenvalue weighted by Crippen LogP contribution is -2.16. The molecule has 0 saturated heterocycles. The lowest BCUT2D eigenvalue weighted by molar-refractivity contribution is -0.142. The van der Waals surface area contributed by atoms with Gasteiger partial charge < -0.3 is 10.8 Å². The maximum absolute atomic E-state index is 11.0. The molecule has 1 aromatic carbocycles. The van der Waals surface area contributed by atoms with Crippen LogP contribution >= 0.6 is 12.4 Å². The van der Waals surface area contributed by atoms with Crippen molar-refractivity contribution >= 4 is 24.1 Å². The molecule has 0 aromatic heterocycles. The lowest BCUT2D eigenvalue weighted by Gasteiger charge is -2.16. The van der Waals surface area contributed by atoms with Gasteiger partial charge in [-0.3, -0.25) is 4.79 Å². The fourth-order valence-electron chi connectivity index (χ4n) is 2.44. The van der Waals surface area contributed by atoms with E-state index >= 15 is 0 Å². The fourth-order valence-corrected chi connectivity index (χ4v) is 2.44. The summed E-state index contributed by atoms with van der Waals surface area (Å²) < 4.78 is 0. The van der Waals surface area contributed by atoms with Gasteiger partial charge in [-0.15, -0.1) is 12.4 Å². The Balaban J connectivity index is 0.00000128. The van der Waals surface area contributed by atoms with Gasteiger partial charge in [0.05, 0.1) is 5.92 Å². The first-order valence-corrected chi connectivity index (χ1v) is 5.26. The number of carbonyl (C=O) groups is 1. The van der Waals surface area contributed by atoms with E-state index in [4.69, 9.17) is 10.8 Å². The summed E-state index contributed by atoms with van der Waals surface area (Å²) >= 11 is 0. The van der Waals surface area contributed by atoms with Crippen molar-refractivity contribution in [2.45, 2.75) is 25.2 Å². The number of halogens is 1. The number of hydrogen-bond donors (Lipinski definition) is 2. The summed E-state index contributed by atoms with van der Waals surface area (Å²) in [4.78, 5) is 11.0. The van der Waals surface area contributed by atoms with E-state index in [2.05, 4.69) is 0 Å². The van der Waals surface area contributed by atoms with Crippen LogP contribution in [-0.4, -0.2) is 11.1 Å². The van der Waals surface area contributed by atoms with Crippen LogP contribution in [0, 0.1) is 5.92 Å². The minimum absolute atomic E-state index is 0. The molecule has 1 aliphatic rings. The third kappa shape index (κ3) is 2.47. The molecule has 0 amide bonds. The summed E-state index contributed by atoms with van der Waals surface area (Å²) in [6, 6.07) is 7.59. The van der Waals surface area contributed by atoms with E-state index in [0.717, 1.165) is 24.8 Å². The molecule has 2 unspecified atom stereocenters. The Morgan fingerprint density at radius 2 is 2.12 bits per heavy atom. The zero-order valence-electron chi connectivity index (χ0n) is 8.93. The number of carboxylic acid groups (broad SMARTS) is 1. The smallest absolute Gasteiger partial charge is 0.307 e. The van der Waals surface area contributed by atoms with E-state index in [-0.39, 0.29) is 24.2 Å². The second kappa shape index (κ2) is 5.21. The Hall–Kier alpha value is -1.22. The van der Waals surface area contributed by atoms with Crippen molar-refractivity contribution in [3.63, 3.8) is 0 Å². The highest BCUT2D eigenvalue weighted by atomic mass is 35.5. The molecule has 0 radical (unpaired) electrons. The van der Waals surface area contributed by atoms with Crippen molar-refractivity contribution < 1.29 is 9.90 Å². The largest absolute Gasteiger partial charge is 0.481 e. The zero-order chi connectivity index (χ0) is 10.8. The number of benzene rings is 1. The van der Waals surface area contributed by atoms with E-state index < -0.39 is 5.97 Å². The summed E-state index contributed by atoms with van der Waals surface area (Å²) in [6.07, 6.45) is 2.74. The third-order valence-corrected chi connectivity index (χ3v) is 3.17. The number of rotatable bonds is 2. The maximum atomic E-state index is 11.0. The minimum Gasteiger partial charge on any atom is -0.481 e. The van der Waals surface area contributed by atoms with Gasteiger partial charge in [-0.05, 0) is 36.5 Å². The molecule has 0 heterocycles. The average Bonchev–Trinajstić information content (AvgIpc) is 2.65. The Bertz CT molecular complexity index is 381. The first-order valence-electron chi connectivity index (χ1n) is 5.26. The monoisotopic (exact) mass is 241 g/mol. The summed E-state index contributed by atoms with van der Waals surface area (Å²) in [6.45, 7) is 0. The molecule has 2 rings (SSSR count). The predicted octanol–water partition coefficient (Wildman–Crippen LogP) is 2.66. The van der Waals surface area contributed by atoms with Gasteiger partial charge in [-0.25, -0.2) is 0 Å².